The highest BCUT2D eigenvalue weighted by molar-refractivity contribution is 5.66. The molecule has 1 aromatic rings. The van der Waals surface area contributed by atoms with Gasteiger partial charge in [0, 0.05) is 7.11 Å². The van der Waals surface area contributed by atoms with Gasteiger partial charge in [-0.05, 0) is 20.8 Å². The Morgan fingerprint density at radius 2 is 1.57 bits per heavy atom. The summed E-state index contributed by atoms with van der Waals surface area (Å²) < 4.78 is 33.1. The second-order valence-electron chi connectivity index (χ2n) is 7.25. The highest BCUT2D eigenvalue weighted by Crippen LogP contribution is 2.06. The molecule has 1 heterocycles. The summed E-state index contributed by atoms with van der Waals surface area (Å²) in [6.07, 6.45) is 1.23. The van der Waals surface area contributed by atoms with E-state index in [-0.39, 0.29) is 18.8 Å². The minimum absolute atomic E-state index is 0.156. The van der Waals surface area contributed by atoms with Crippen LogP contribution < -0.4 is 5.32 Å². The first-order valence-electron chi connectivity index (χ1n) is 10.1. The van der Waals surface area contributed by atoms with Gasteiger partial charge in [0.2, 0.25) is 0 Å². The maximum Gasteiger partial charge on any atom is 0.407 e. The van der Waals surface area contributed by atoms with Crippen molar-refractivity contribution in [2.45, 2.75) is 39.5 Å². The van der Waals surface area contributed by atoms with Gasteiger partial charge >= 0.3 is 6.09 Å². The molecule has 0 aliphatic rings. The first-order valence-corrected chi connectivity index (χ1v) is 10.1. The van der Waals surface area contributed by atoms with Crippen molar-refractivity contribution in [3.8, 4) is 0 Å². The summed E-state index contributed by atoms with van der Waals surface area (Å²) in [5.74, 6) is 0. The third-order valence-corrected chi connectivity index (χ3v) is 3.49. The van der Waals surface area contributed by atoms with Crippen molar-refractivity contribution in [1.82, 2.24) is 20.3 Å². The Kier molecular flexibility index (Phi) is 14.0. The number of hydrogen-bond acceptors (Lipinski definition) is 9. The van der Waals surface area contributed by atoms with E-state index in [4.69, 9.17) is 28.4 Å². The van der Waals surface area contributed by atoms with E-state index in [0.29, 0.717) is 65.1 Å². The lowest BCUT2D eigenvalue weighted by Crippen LogP contribution is -2.25. The fourth-order valence-corrected chi connectivity index (χ4v) is 2.07. The molecule has 0 aliphatic heterocycles. The molecule has 174 valence electrons. The molecule has 0 saturated carbocycles. The Labute approximate surface area is 178 Å². The molecule has 0 aromatic carbocycles. The average molecular weight is 433 g/mol. The normalized spacial score (nSPS) is 11.6. The molecule has 1 amide bonds. The van der Waals surface area contributed by atoms with Crippen molar-refractivity contribution in [1.29, 1.82) is 0 Å². The monoisotopic (exact) mass is 432 g/mol. The van der Waals surface area contributed by atoms with Gasteiger partial charge in [-0.25, -0.2) is 9.48 Å². The van der Waals surface area contributed by atoms with Crippen molar-refractivity contribution >= 4 is 6.09 Å². The van der Waals surface area contributed by atoms with Gasteiger partial charge in [-0.3, -0.25) is 0 Å². The third-order valence-electron chi connectivity index (χ3n) is 3.49. The number of carbonyl (C=O) groups excluding carboxylic acids is 1. The molecule has 0 radical (unpaired) electrons. The zero-order valence-electron chi connectivity index (χ0n) is 18.6. The van der Waals surface area contributed by atoms with E-state index in [9.17, 15) is 4.79 Å². The summed E-state index contributed by atoms with van der Waals surface area (Å²) >= 11 is 0. The lowest BCUT2D eigenvalue weighted by molar-refractivity contribution is -0.00806. The van der Waals surface area contributed by atoms with Gasteiger partial charge in [-0.2, -0.15) is 0 Å². The molecule has 1 rings (SSSR count). The summed E-state index contributed by atoms with van der Waals surface area (Å²) in [7, 11) is 1.63. The van der Waals surface area contributed by atoms with Gasteiger partial charge in [0.15, 0.2) is 0 Å². The Morgan fingerprint density at radius 3 is 2.17 bits per heavy atom. The predicted molar refractivity (Wildman–Crippen MR) is 108 cm³/mol. The topological polar surface area (TPSA) is 115 Å². The van der Waals surface area contributed by atoms with E-state index in [2.05, 4.69) is 15.6 Å². The van der Waals surface area contributed by atoms with E-state index in [1.165, 1.54) is 0 Å². The quantitative estimate of drug-likeness (QED) is 0.360. The molecule has 0 fully saturated rings. The molecule has 0 spiro atoms. The summed E-state index contributed by atoms with van der Waals surface area (Å²) in [6.45, 7) is 10.8. The van der Waals surface area contributed by atoms with E-state index < -0.39 is 6.09 Å². The lowest BCUT2D eigenvalue weighted by Gasteiger charge is -2.19. The van der Waals surface area contributed by atoms with E-state index in [0.717, 1.165) is 0 Å². The summed E-state index contributed by atoms with van der Waals surface area (Å²) in [6, 6.07) is 0. The molecule has 0 atom stereocenters. The van der Waals surface area contributed by atoms with Crippen molar-refractivity contribution in [2.75, 3.05) is 66.6 Å². The molecule has 11 nitrogen and oxygen atoms in total. The smallest absolute Gasteiger partial charge is 0.407 e. The fourth-order valence-electron chi connectivity index (χ4n) is 2.07. The van der Waals surface area contributed by atoms with Crippen LogP contribution in [0.25, 0.3) is 0 Å². The van der Waals surface area contributed by atoms with Crippen LogP contribution in [0.4, 0.5) is 4.79 Å². The number of nitrogens with one attached hydrogen (secondary N) is 1. The number of nitrogens with zero attached hydrogens (tertiary/aromatic N) is 3. The van der Waals surface area contributed by atoms with Crippen LogP contribution in [0.2, 0.25) is 0 Å². The maximum atomic E-state index is 11.7. The van der Waals surface area contributed by atoms with Gasteiger partial charge in [-0.15, -0.1) is 5.10 Å². The Bertz CT molecular complexity index is 563. The minimum atomic E-state index is -0.534. The molecule has 0 bridgehead atoms. The van der Waals surface area contributed by atoms with Gasteiger partial charge in [0.25, 0.3) is 0 Å². The van der Waals surface area contributed by atoms with Crippen LogP contribution in [-0.4, -0.2) is 93.3 Å². The summed E-state index contributed by atoms with van der Waals surface area (Å²) in [5, 5.41) is 10.6. The average Bonchev–Trinajstić information content (AvgIpc) is 3.14. The van der Waals surface area contributed by atoms with Gasteiger partial charge < -0.3 is 33.7 Å². The molecule has 0 unspecified atom stereocenters. The second-order valence-corrected chi connectivity index (χ2v) is 7.25. The van der Waals surface area contributed by atoms with Gasteiger partial charge in [0.05, 0.1) is 77.7 Å². The van der Waals surface area contributed by atoms with E-state index in [1.807, 2.05) is 20.8 Å². The van der Waals surface area contributed by atoms with Crippen molar-refractivity contribution in [3.05, 3.63) is 11.9 Å². The van der Waals surface area contributed by atoms with Crippen LogP contribution in [0.3, 0.4) is 0 Å². The highest BCUT2D eigenvalue weighted by atomic mass is 16.6. The van der Waals surface area contributed by atoms with E-state index in [1.54, 1.807) is 18.0 Å². The molecule has 1 aromatic heterocycles. The largest absolute Gasteiger partial charge is 0.447 e. The molecular formula is C19H36N4O7. The van der Waals surface area contributed by atoms with E-state index >= 15 is 0 Å². The number of carbonyl (C=O) groups is 1. The van der Waals surface area contributed by atoms with Crippen LogP contribution in [-0.2, 0) is 41.5 Å². The number of methoxy groups -OCH3 is 1. The van der Waals surface area contributed by atoms with Crippen LogP contribution in [0.1, 0.15) is 26.5 Å². The maximum absolute atomic E-state index is 11.7. The minimum Gasteiger partial charge on any atom is -0.447 e. The molecule has 0 saturated heterocycles. The Morgan fingerprint density at radius 1 is 0.967 bits per heavy atom. The van der Waals surface area contributed by atoms with Gasteiger partial charge in [-0.1, -0.05) is 5.21 Å². The number of rotatable bonds is 17. The molecular weight excluding hydrogens is 396 g/mol. The highest BCUT2D eigenvalue weighted by Gasteiger charge is 2.10. The summed E-state index contributed by atoms with van der Waals surface area (Å²) in [4.78, 5) is 11.7. The number of alkyl carbamates (subject to hydrolysis) is 1. The lowest BCUT2D eigenvalue weighted by atomic mass is 10.2. The number of hydrogen-bond donors (Lipinski definition) is 1. The molecule has 30 heavy (non-hydrogen) atoms. The number of aromatic nitrogens is 3. The Hall–Kier alpha value is -1.79. The van der Waals surface area contributed by atoms with Crippen molar-refractivity contribution < 1.29 is 33.2 Å². The molecule has 0 aliphatic carbocycles. The summed E-state index contributed by atoms with van der Waals surface area (Å²) in [5.41, 5.74) is 0.451. The van der Waals surface area contributed by atoms with Crippen molar-refractivity contribution in [3.63, 3.8) is 0 Å². The van der Waals surface area contributed by atoms with Crippen molar-refractivity contribution in [2.24, 2.45) is 0 Å². The first kappa shape index (κ1) is 26.2. The van der Waals surface area contributed by atoms with Crippen LogP contribution in [0, 0.1) is 0 Å². The second kappa shape index (κ2) is 16.0. The number of amides is 1. The Balaban J connectivity index is 1.95. The predicted octanol–water partition coefficient (Wildman–Crippen LogP) is 1.02. The van der Waals surface area contributed by atoms with Crippen LogP contribution in [0.5, 0.6) is 0 Å². The van der Waals surface area contributed by atoms with Crippen LogP contribution in [0.15, 0.2) is 6.20 Å². The van der Waals surface area contributed by atoms with Crippen LogP contribution >= 0.6 is 0 Å². The third kappa shape index (κ3) is 15.1. The number of ether oxygens (including phenoxy) is 6. The first-order chi connectivity index (χ1) is 14.4. The SMILES string of the molecule is COCCOCCOCCOCCOC(=O)NCc1cn(CCOC(C)(C)C)nn1. The van der Waals surface area contributed by atoms with Gasteiger partial charge in [0.1, 0.15) is 12.3 Å². The fraction of sp³-hybridized carbons (Fsp3) is 0.842. The molecule has 11 heteroatoms. The standard InChI is InChI=1S/C19H36N4O7/c1-19(2,3)30-6-5-23-16-17(21-22-23)15-20-18(24)29-14-13-28-12-11-27-10-9-26-8-7-25-4/h16H,5-15H2,1-4H3,(H,20,24). The zero-order valence-corrected chi connectivity index (χ0v) is 18.6. The molecule has 1 N–H and O–H groups in total. The zero-order chi connectivity index (χ0) is 22.1.